The number of hydrogen-bond acceptors (Lipinski definition) is 6. The van der Waals surface area contributed by atoms with Crippen molar-refractivity contribution in [1.29, 1.82) is 0 Å². The quantitative estimate of drug-likeness (QED) is 0.644. The van der Waals surface area contributed by atoms with Gasteiger partial charge in [0.05, 0.1) is 13.7 Å². The second kappa shape index (κ2) is 5.58. The molecule has 96 valence electrons. The largest absolute Gasteiger partial charge is 0.465 e. The zero-order chi connectivity index (χ0) is 13.1. The van der Waals surface area contributed by atoms with Crippen molar-refractivity contribution >= 4 is 27.3 Å². The van der Waals surface area contributed by atoms with Gasteiger partial charge in [0.25, 0.3) is 10.0 Å². The van der Waals surface area contributed by atoms with E-state index < -0.39 is 16.0 Å². The van der Waals surface area contributed by atoms with E-state index in [1.54, 1.807) is 19.2 Å². The van der Waals surface area contributed by atoms with Gasteiger partial charge in [-0.15, -0.1) is 11.3 Å². The third-order valence-corrected chi connectivity index (χ3v) is 4.48. The summed E-state index contributed by atoms with van der Waals surface area (Å²) in [6, 6.07) is 0. The first kappa shape index (κ1) is 14.1. The fourth-order valence-corrected chi connectivity index (χ4v) is 3.75. The van der Waals surface area contributed by atoms with Crippen LogP contribution in [0.4, 0.5) is 0 Å². The van der Waals surface area contributed by atoms with E-state index in [9.17, 15) is 13.2 Å². The molecule has 0 spiro atoms. The zero-order valence-electron chi connectivity index (χ0n) is 9.64. The van der Waals surface area contributed by atoms with Gasteiger partial charge in [0.15, 0.2) is 0 Å². The minimum absolute atomic E-state index is 0.0391. The number of rotatable bonds is 5. The van der Waals surface area contributed by atoms with Crippen molar-refractivity contribution in [3.8, 4) is 0 Å². The van der Waals surface area contributed by atoms with Crippen LogP contribution < -0.4 is 4.89 Å². The summed E-state index contributed by atoms with van der Waals surface area (Å²) in [6.07, 6.45) is 0. The summed E-state index contributed by atoms with van der Waals surface area (Å²) in [4.78, 5) is 18.0. The van der Waals surface area contributed by atoms with Crippen molar-refractivity contribution < 1.29 is 22.8 Å². The number of ether oxygens (including phenoxy) is 1. The second-order valence-electron chi connectivity index (χ2n) is 3.09. The average molecular weight is 279 g/mol. The number of carbonyl (C=O) groups is 1. The number of thiophene rings is 1. The molecule has 1 rings (SSSR count). The van der Waals surface area contributed by atoms with E-state index in [4.69, 9.17) is 0 Å². The molecule has 0 amide bonds. The summed E-state index contributed by atoms with van der Waals surface area (Å²) in [6.45, 7) is 3.43. The smallest absolute Gasteiger partial charge is 0.349 e. The van der Waals surface area contributed by atoms with Crippen LogP contribution in [0.1, 0.15) is 22.2 Å². The Morgan fingerprint density at radius 1 is 1.53 bits per heavy atom. The fraction of sp³-hybridized carbons (Fsp3) is 0.444. The van der Waals surface area contributed by atoms with Gasteiger partial charge in [-0.05, 0) is 24.8 Å². The number of nitrogens with one attached hydrogen (secondary N) is 1. The third kappa shape index (κ3) is 3.03. The van der Waals surface area contributed by atoms with Crippen LogP contribution in [0.3, 0.4) is 0 Å². The van der Waals surface area contributed by atoms with Gasteiger partial charge < -0.3 is 4.74 Å². The zero-order valence-corrected chi connectivity index (χ0v) is 11.3. The minimum atomic E-state index is -3.86. The van der Waals surface area contributed by atoms with Crippen LogP contribution in [0, 0.1) is 6.92 Å². The molecule has 17 heavy (non-hydrogen) atoms. The van der Waals surface area contributed by atoms with Crippen LogP contribution in [0.2, 0.25) is 0 Å². The molecule has 0 aliphatic carbocycles. The lowest BCUT2D eigenvalue weighted by molar-refractivity contribution is 0.0601. The van der Waals surface area contributed by atoms with Crippen molar-refractivity contribution in [3.05, 3.63) is 15.8 Å². The first-order valence-corrected chi connectivity index (χ1v) is 7.10. The molecule has 0 aromatic carbocycles. The Hall–Kier alpha value is -0.960. The Labute approximate surface area is 104 Å². The summed E-state index contributed by atoms with van der Waals surface area (Å²) >= 11 is 1.02. The van der Waals surface area contributed by atoms with E-state index in [1.807, 2.05) is 4.89 Å². The maximum absolute atomic E-state index is 11.9. The van der Waals surface area contributed by atoms with Gasteiger partial charge in [0.2, 0.25) is 0 Å². The predicted molar refractivity (Wildman–Crippen MR) is 62.3 cm³/mol. The summed E-state index contributed by atoms with van der Waals surface area (Å²) in [5.74, 6) is -0.681. The number of hydrogen-bond donors (Lipinski definition) is 1. The topological polar surface area (TPSA) is 81.7 Å². The molecule has 1 heterocycles. The highest BCUT2D eigenvalue weighted by atomic mass is 32.2. The molecule has 1 aromatic rings. The minimum Gasteiger partial charge on any atom is -0.465 e. The molecule has 1 aromatic heterocycles. The monoisotopic (exact) mass is 279 g/mol. The van der Waals surface area contributed by atoms with E-state index in [-0.39, 0.29) is 16.4 Å². The summed E-state index contributed by atoms with van der Waals surface area (Å²) < 4.78 is 28.3. The normalized spacial score (nSPS) is 11.5. The molecule has 0 saturated heterocycles. The molecule has 0 radical (unpaired) electrons. The Morgan fingerprint density at radius 3 is 2.71 bits per heavy atom. The lowest BCUT2D eigenvalue weighted by Gasteiger charge is -2.07. The molecule has 8 heteroatoms. The first-order valence-electron chi connectivity index (χ1n) is 4.74. The molecule has 1 N–H and O–H groups in total. The van der Waals surface area contributed by atoms with Gasteiger partial charge in [-0.25, -0.2) is 13.2 Å². The predicted octanol–water partition coefficient (Wildman–Crippen LogP) is 1.07. The van der Waals surface area contributed by atoms with Crippen LogP contribution in [0.15, 0.2) is 10.3 Å². The van der Waals surface area contributed by atoms with Crippen LogP contribution in [-0.4, -0.2) is 28.1 Å². The van der Waals surface area contributed by atoms with Gasteiger partial charge in [-0.1, -0.05) is 4.89 Å². The lowest BCUT2D eigenvalue weighted by Crippen LogP contribution is -2.25. The Morgan fingerprint density at radius 2 is 2.18 bits per heavy atom. The van der Waals surface area contributed by atoms with E-state index >= 15 is 0 Å². The van der Waals surface area contributed by atoms with E-state index in [0.717, 1.165) is 11.3 Å². The molecule has 0 aliphatic rings. The number of carbonyl (C=O) groups excluding carboxylic acids is 1. The van der Waals surface area contributed by atoms with E-state index in [2.05, 4.69) is 9.57 Å². The number of sulfonamides is 1. The van der Waals surface area contributed by atoms with Crippen molar-refractivity contribution in [2.45, 2.75) is 18.7 Å². The van der Waals surface area contributed by atoms with Crippen molar-refractivity contribution in [1.82, 2.24) is 4.89 Å². The molecule has 0 unspecified atom stereocenters. The van der Waals surface area contributed by atoms with Crippen molar-refractivity contribution in [2.24, 2.45) is 0 Å². The highest BCUT2D eigenvalue weighted by Gasteiger charge is 2.27. The average Bonchev–Trinajstić information content (AvgIpc) is 2.68. The summed E-state index contributed by atoms with van der Waals surface area (Å²) in [7, 11) is -2.66. The summed E-state index contributed by atoms with van der Waals surface area (Å²) in [5.41, 5.74) is 0.475. The fourth-order valence-electron chi connectivity index (χ4n) is 1.18. The standard InChI is InChI=1S/C9H13NO5S2/c1-4-15-10-17(12,13)8-6(2)5-16-7(8)9(11)14-3/h5,10H,4H2,1-3H3. The van der Waals surface area contributed by atoms with Crippen LogP contribution in [-0.2, 0) is 19.6 Å². The molecular weight excluding hydrogens is 266 g/mol. The van der Waals surface area contributed by atoms with E-state index in [1.165, 1.54) is 7.11 Å². The van der Waals surface area contributed by atoms with Gasteiger partial charge in [-0.2, -0.15) is 0 Å². The maximum Gasteiger partial charge on any atom is 0.349 e. The highest BCUT2D eigenvalue weighted by molar-refractivity contribution is 7.89. The molecule has 6 nitrogen and oxygen atoms in total. The van der Waals surface area contributed by atoms with Crippen molar-refractivity contribution in [3.63, 3.8) is 0 Å². The molecule has 0 aliphatic heterocycles. The molecule has 0 bridgehead atoms. The molecule has 0 saturated carbocycles. The molecule has 0 atom stereocenters. The van der Waals surface area contributed by atoms with Crippen LogP contribution in [0.25, 0.3) is 0 Å². The Kier molecular flexibility index (Phi) is 4.63. The van der Waals surface area contributed by atoms with Gasteiger partial charge in [0, 0.05) is 0 Å². The van der Waals surface area contributed by atoms with Crippen molar-refractivity contribution in [2.75, 3.05) is 13.7 Å². The van der Waals surface area contributed by atoms with Gasteiger partial charge in [-0.3, -0.25) is 4.84 Å². The van der Waals surface area contributed by atoms with Crippen LogP contribution >= 0.6 is 11.3 Å². The Balaban J connectivity index is 3.21. The number of esters is 1. The third-order valence-electron chi connectivity index (χ3n) is 1.87. The summed E-state index contributed by atoms with van der Waals surface area (Å²) in [5, 5.41) is 1.58. The SMILES string of the molecule is CCONS(=O)(=O)c1c(C)csc1C(=O)OC. The Bertz CT molecular complexity index is 505. The maximum atomic E-state index is 11.9. The lowest BCUT2D eigenvalue weighted by atomic mass is 10.3. The molecule has 0 fully saturated rings. The number of methoxy groups -OCH3 is 1. The van der Waals surface area contributed by atoms with E-state index in [0.29, 0.717) is 5.56 Å². The van der Waals surface area contributed by atoms with Crippen LogP contribution in [0.5, 0.6) is 0 Å². The molecular formula is C9H13NO5S2. The highest BCUT2D eigenvalue weighted by Crippen LogP contribution is 2.27. The number of aryl methyl sites for hydroxylation is 1. The second-order valence-corrected chi connectivity index (χ2v) is 5.55. The first-order chi connectivity index (χ1) is 7.94. The van der Waals surface area contributed by atoms with Gasteiger partial charge in [0.1, 0.15) is 9.77 Å². The van der Waals surface area contributed by atoms with Gasteiger partial charge >= 0.3 is 5.97 Å².